The number of aryl methyl sites for hydroxylation is 1. The van der Waals surface area contributed by atoms with Crippen LogP contribution in [0, 0.1) is 11.7 Å². The monoisotopic (exact) mass is 481 g/mol. The first-order valence-electron chi connectivity index (χ1n) is 11.3. The van der Waals surface area contributed by atoms with Crippen molar-refractivity contribution in [2.24, 2.45) is 13.0 Å². The Morgan fingerprint density at radius 2 is 1.85 bits per heavy atom. The van der Waals surface area contributed by atoms with E-state index in [1.165, 1.54) is 22.3 Å². The van der Waals surface area contributed by atoms with E-state index in [9.17, 15) is 14.0 Å². The molecule has 0 radical (unpaired) electrons. The molecule has 0 amide bonds. The average molecular weight is 482 g/mol. The molecule has 1 atom stereocenters. The summed E-state index contributed by atoms with van der Waals surface area (Å²) >= 11 is 6.17. The van der Waals surface area contributed by atoms with Gasteiger partial charge < -0.3 is 9.47 Å². The maximum absolute atomic E-state index is 14.4. The van der Waals surface area contributed by atoms with E-state index < -0.39 is 17.1 Å². The third kappa shape index (κ3) is 3.81. The molecule has 0 saturated carbocycles. The molecule has 7 nitrogen and oxygen atoms in total. The Kier molecular flexibility index (Phi) is 5.77. The minimum absolute atomic E-state index is 0.110. The molecule has 1 aliphatic heterocycles. The Hall–Kier alpha value is -3.39. The largest absolute Gasteiger partial charge is 0.342 e. The number of anilines is 1. The van der Waals surface area contributed by atoms with Crippen molar-refractivity contribution in [3.8, 4) is 0 Å². The van der Waals surface area contributed by atoms with Crippen molar-refractivity contribution in [3.63, 3.8) is 0 Å². The van der Waals surface area contributed by atoms with Gasteiger partial charge in [0.05, 0.1) is 6.54 Å². The highest BCUT2D eigenvalue weighted by molar-refractivity contribution is 6.31. The van der Waals surface area contributed by atoms with Crippen molar-refractivity contribution in [1.29, 1.82) is 0 Å². The molecule has 4 aromatic rings. The quantitative estimate of drug-likeness (QED) is 0.438. The number of nitrogens with zero attached hydrogens (tertiary/aromatic N) is 5. The molecule has 0 spiro atoms. The highest BCUT2D eigenvalue weighted by atomic mass is 35.5. The Labute approximate surface area is 200 Å². The molecule has 0 fully saturated rings. The fourth-order valence-corrected chi connectivity index (χ4v) is 4.91. The maximum Gasteiger partial charge on any atom is 0.332 e. The van der Waals surface area contributed by atoms with Crippen LogP contribution in [0.1, 0.15) is 18.1 Å². The van der Waals surface area contributed by atoms with Gasteiger partial charge in [0, 0.05) is 37.3 Å². The maximum atomic E-state index is 14.4. The first-order valence-corrected chi connectivity index (χ1v) is 11.6. The first kappa shape index (κ1) is 22.4. The summed E-state index contributed by atoms with van der Waals surface area (Å²) in [5.41, 5.74) is 0.962. The zero-order valence-corrected chi connectivity index (χ0v) is 19.8. The normalized spacial score (nSPS) is 15.6. The molecular weight excluding hydrogens is 457 g/mol. The summed E-state index contributed by atoms with van der Waals surface area (Å²) < 4.78 is 18.7. The van der Waals surface area contributed by atoms with E-state index in [0.29, 0.717) is 23.7 Å². The Balaban J connectivity index is 1.61. The number of halogens is 2. The molecule has 3 heterocycles. The minimum Gasteiger partial charge on any atom is -0.342 e. The molecular formula is C25H25ClFN5O2. The van der Waals surface area contributed by atoms with Crippen LogP contribution >= 0.6 is 11.6 Å². The van der Waals surface area contributed by atoms with E-state index in [2.05, 4.69) is 24.0 Å². The van der Waals surface area contributed by atoms with Gasteiger partial charge in [-0.3, -0.25) is 13.9 Å². The van der Waals surface area contributed by atoms with Crippen LogP contribution in [0.25, 0.3) is 11.2 Å². The predicted octanol–water partition coefficient (Wildman–Crippen LogP) is 3.44. The lowest BCUT2D eigenvalue weighted by Crippen LogP contribution is -2.41. The van der Waals surface area contributed by atoms with Gasteiger partial charge in [-0.1, -0.05) is 54.9 Å². The number of fused-ring (bicyclic) bond motifs is 3. The molecule has 1 aliphatic rings. The predicted molar refractivity (Wildman–Crippen MR) is 131 cm³/mol. The third-order valence-electron chi connectivity index (χ3n) is 6.41. The second-order valence-corrected chi connectivity index (χ2v) is 9.32. The van der Waals surface area contributed by atoms with Crippen LogP contribution in [0.5, 0.6) is 0 Å². The van der Waals surface area contributed by atoms with Crippen LogP contribution in [-0.2, 0) is 26.6 Å². The fourth-order valence-electron chi connectivity index (χ4n) is 4.68. The van der Waals surface area contributed by atoms with E-state index in [4.69, 9.17) is 16.6 Å². The molecule has 0 N–H and O–H groups in total. The van der Waals surface area contributed by atoms with Gasteiger partial charge in [-0.25, -0.2) is 9.18 Å². The number of rotatable bonds is 5. The molecule has 0 aliphatic carbocycles. The molecule has 9 heteroatoms. The molecule has 5 rings (SSSR count). The van der Waals surface area contributed by atoms with Crippen LogP contribution < -0.4 is 16.1 Å². The Morgan fingerprint density at radius 1 is 1.09 bits per heavy atom. The summed E-state index contributed by atoms with van der Waals surface area (Å²) in [5.74, 6) is 0.405. The van der Waals surface area contributed by atoms with E-state index in [1.54, 1.807) is 13.1 Å². The van der Waals surface area contributed by atoms with Crippen molar-refractivity contribution in [2.45, 2.75) is 26.4 Å². The van der Waals surface area contributed by atoms with Gasteiger partial charge in [-0.2, -0.15) is 4.98 Å². The number of benzene rings is 2. The molecule has 0 unspecified atom stereocenters. The van der Waals surface area contributed by atoms with Gasteiger partial charge in [0.15, 0.2) is 11.2 Å². The lowest BCUT2D eigenvalue weighted by molar-refractivity contribution is 0.436. The van der Waals surface area contributed by atoms with Gasteiger partial charge in [-0.05, 0) is 30.0 Å². The number of hydrogen-bond acceptors (Lipinski definition) is 4. The summed E-state index contributed by atoms with van der Waals surface area (Å²) in [6, 6.07) is 14.5. The SMILES string of the molecule is C[C@H]1CN(CCc2ccccc2)c2nc3c(c(=O)n(Cc4c(F)cccc4Cl)c(=O)n3C)n2C1. The van der Waals surface area contributed by atoms with E-state index in [1.807, 2.05) is 22.8 Å². The van der Waals surface area contributed by atoms with Gasteiger partial charge in [-0.15, -0.1) is 0 Å². The summed E-state index contributed by atoms with van der Waals surface area (Å²) in [7, 11) is 1.58. The molecule has 176 valence electrons. The Bertz CT molecular complexity index is 1470. The smallest absolute Gasteiger partial charge is 0.332 e. The van der Waals surface area contributed by atoms with Crippen molar-refractivity contribution in [1.82, 2.24) is 18.7 Å². The van der Waals surface area contributed by atoms with Crippen LogP contribution in [-0.4, -0.2) is 31.8 Å². The lowest BCUT2D eigenvalue weighted by Gasteiger charge is -2.33. The molecule has 2 aromatic carbocycles. The molecule has 2 aromatic heterocycles. The molecule has 34 heavy (non-hydrogen) atoms. The van der Waals surface area contributed by atoms with Crippen molar-refractivity contribution < 1.29 is 4.39 Å². The van der Waals surface area contributed by atoms with Crippen molar-refractivity contribution in [2.75, 3.05) is 18.0 Å². The van der Waals surface area contributed by atoms with Gasteiger partial charge in [0.2, 0.25) is 5.95 Å². The van der Waals surface area contributed by atoms with Gasteiger partial charge in [0.1, 0.15) is 5.82 Å². The van der Waals surface area contributed by atoms with Crippen molar-refractivity contribution in [3.05, 3.63) is 91.3 Å². The Morgan fingerprint density at radius 3 is 2.59 bits per heavy atom. The first-order chi connectivity index (χ1) is 16.3. The van der Waals surface area contributed by atoms with E-state index >= 15 is 0 Å². The van der Waals surface area contributed by atoms with Crippen molar-refractivity contribution >= 4 is 28.7 Å². The third-order valence-corrected chi connectivity index (χ3v) is 6.77. The zero-order chi connectivity index (χ0) is 24.0. The second kappa shape index (κ2) is 8.76. The van der Waals surface area contributed by atoms with Gasteiger partial charge >= 0.3 is 5.69 Å². The summed E-state index contributed by atoms with van der Waals surface area (Å²) in [5, 5.41) is 0.171. The van der Waals surface area contributed by atoms with Crippen LogP contribution in [0.3, 0.4) is 0 Å². The number of aromatic nitrogens is 4. The van der Waals surface area contributed by atoms with Crippen LogP contribution in [0.4, 0.5) is 10.3 Å². The van der Waals surface area contributed by atoms with E-state index in [-0.39, 0.29) is 23.0 Å². The summed E-state index contributed by atoms with van der Waals surface area (Å²) in [4.78, 5) is 33.6. The van der Waals surface area contributed by atoms with E-state index in [0.717, 1.165) is 24.1 Å². The summed E-state index contributed by atoms with van der Waals surface area (Å²) in [6.45, 7) is 4.04. The number of imidazole rings is 1. The second-order valence-electron chi connectivity index (χ2n) is 8.91. The lowest BCUT2D eigenvalue weighted by atomic mass is 10.1. The van der Waals surface area contributed by atoms with Crippen LogP contribution in [0.2, 0.25) is 5.02 Å². The highest BCUT2D eigenvalue weighted by Crippen LogP contribution is 2.27. The fraction of sp³-hybridized carbons (Fsp3) is 0.320. The average Bonchev–Trinajstić information content (AvgIpc) is 3.21. The zero-order valence-electron chi connectivity index (χ0n) is 19.0. The van der Waals surface area contributed by atoms with Gasteiger partial charge in [0.25, 0.3) is 5.56 Å². The minimum atomic E-state index is -0.559. The topological polar surface area (TPSA) is 65.1 Å². The summed E-state index contributed by atoms with van der Waals surface area (Å²) in [6.07, 6.45) is 0.839. The van der Waals surface area contributed by atoms with Crippen LogP contribution in [0.15, 0.2) is 58.1 Å². The highest BCUT2D eigenvalue weighted by Gasteiger charge is 2.29. The molecule has 0 bridgehead atoms. The standard InChI is InChI=1S/C25H25ClFN5O2/c1-16-13-30(12-11-17-7-4-3-5-8-17)24-28-22-21(31(24)14-16)23(33)32(25(34)29(22)2)15-18-19(26)9-6-10-20(18)27/h3-10,16H,11-15H2,1-2H3/t16-/m0/s1. The molecule has 0 saturated heterocycles. The number of hydrogen-bond donors (Lipinski definition) is 0.